The summed E-state index contributed by atoms with van der Waals surface area (Å²) in [5, 5.41) is 0. The van der Waals surface area contributed by atoms with Gasteiger partial charge in [0.25, 0.3) is 0 Å². The third-order valence-electron chi connectivity index (χ3n) is 4.46. The monoisotopic (exact) mass is 259 g/mol. The maximum atomic E-state index is 12.3. The number of Topliss-reactive ketones (excluding diaryl/α,β-unsaturated/α-hetero) is 1. The number of rotatable bonds is 5. The number of nitrogens with two attached hydrogens (primary N) is 1. The van der Waals surface area contributed by atoms with E-state index in [9.17, 15) is 4.79 Å². The van der Waals surface area contributed by atoms with E-state index in [4.69, 9.17) is 5.73 Å². The predicted molar refractivity (Wildman–Crippen MR) is 79.9 cm³/mol. The zero-order valence-corrected chi connectivity index (χ0v) is 11.9. The SMILES string of the molecule is CCC1CCCC(C(=O)CCc2ccc(N)cc2)C1. The molecule has 1 aromatic rings. The van der Waals surface area contributed by atoms with Crippen LogP contribution in [0.2, 0.25) is 0 Å². The van der Waals surface area contributed by atoms with Crippen LogP contribution in [0, 0.1) is 11.8 Å². The fraction of sp³-hybridized carbons (Fsp3) is 0.588. The van der Waals surface area contributed by atoms with Crippen molar-refractivity contribution in [1.82, 2.24) is 0 Å². The van der Waals surface area contributed by atoms with Gasteiger partial charge in [0, 0.05) is 18.0 Å². The zero-order valence-electron chi connectivity index (χ0n) is 11.9. The summed E-state index contributed by atoms with van der Waals surface area (Å²) in [6, 6.07) is 7.87. The lowest BCUT2D eigenvalue weighted by Gasteiger charge is -2.27. The highest BCUT2D eigenvalue weighted by Gasteiger charge is 2.25. The van der Waals surface area contributed by atoms with Crippen LogP contribution < -0.4 is 5.73 Å². The average molecular weight is 259 g/mol. The van der Waals surface area contributed by atoms with Crippen LogP contribution in [-0.2, 0) is 11.2 Å². The molecule has 0 radical (unpaired) electrons. The molecule has 1 fully saturated rings. The third-order valence-corrected chi connectivity index (χ3v) is 4.46. The Balaban J connectivity index is 1.82. The Bertz CT molecular complexity index is 410. The van der Waals surface area contributed by atoms with Gasteiger partial charge in [0.2, 0.25) is 0 Å². The first kappa shape index (κ1) is 14.1. The number of nitrogen functional groups attached to an aromatic ring is 1. The van der Waals surface area contributed by atoms with Crippen LogP contribution in [0.5, 0.6) is 0 Å². The van der Waals surface area contributed by atoms with Gasteiger partial charge in [-0.3, -0.25) is 4.79 Å². The van der Waals surface area contributed by atoms with Crippen molar-refractivity contribution in [2.45, 2.75) is 51.9 Å². The van der Waals surface area contributed by atoms with Crippen molar-refractivity contribution in [3.05, 3.63) is 29.8 Å². The van der Waals surface area contributed by atoms with Gasteiger partial charge in [0.05, 0.1) is 0 Å². The molecule has 1 aliphatic rings. The Morgan fingerprint density at radius 2 is 2.00 bits per heavy atom. The van der Waals surface area contributed by atoms with E-state index in [-0.39, 0.29) is 0 Å². The Morgan fingerprint density at radius 1 is 1.26 bits per heavy atom. The number of hydrogen-bond donors (Lipinski definition) is 1. The molecule has 1 aliphatic carbocycles. The summed E-state index contributed by atoms with van der Waals surface area (Å²) in [7, 11) is 0. The Kier molecular flexibility index (Phi) is 5.00. The van der Waals surface area contributed by atoms with E-state index >= 15 is 0 Å². The van der Waals surface area contributed by atoms with Gasteiger partial charge in [-0.15, -0.1) is 0 Å². The zero-order chi connectivity index (χ0) is 13.7. The molecule has 19 heavy (non-hydrogen) atoms. The molecule has 2 atom stereocenters. The summed E-state index contributed by atoms with van der Waals surface area (Å²) in [6.45, 7) is 2.24. The van der Waals surface area contributed by atoms with Crippen molar-refractivity contribution in [1.29, 1.82) is 0 Å². The van der Waals surface area contributed by atoms with Crippen LogP contribution >= 0.6 is 0 Å². The summed E-state index contributed by atoms with van der Waals surface area (Å²) in [5.74, 6) is 1.57. The Hall–Kier alpha value is -1.31. The summed E-state index contributed by atoms with van der Waals surface area (Å²) in [6.07, 6.45) is 7.54. The molecular weight excluding hydrogens is 234 g/mol. The van der Waals surface area contributed by atoms with Crippen molar-refractivity contribution in [3.63, 3.8) is 0 Å². The van der Waals surface area contributed by atoms with E-state index in [2.05, 4.69) is 6.92 Å². The van der Waals surface area contributed by atoms with Gasteiger partial charge in [-0.05, 0) is 42.9 Å². The molecule has 2 N–H and O–H groups in total. The quantitative estimate of drug-likeness (QED) is 0.813. The molecule has 0 aromatic heterocycles. The Morgan fingerprint density at radius 3 is 2.68 bits per heavy atom. The van der Waals surface area contributed by atoms with E-state index in [1.165, 1.54) is 24.8 Å². The van der Waals surface area contributed by atoms with Gasteiger partial charge >= 0.3 is 0 Å². The average Bonchev–Trinajstić information content (AvgIpc) is 2.46. The van der Waals surface area contributed by atoms with Crippen LogP contribution in [0.1, 0.15) is 51.0 Å². The Labute approximate surface area is 116 Å². The van der Waals surface area contributed by atoms with Gasteiger partial charge in [-0.1, -0.05) is 38.3 Å². The minimum atomic E-state index is 0.326. The molecule has 1 saturated carbocycles. The molecule has 0 bridgehead atoms. The number of benzene rings is 1. The summed E-state index contributed by atoms with van der Waals surface area (Å²) < 4.78 is 0. The minimum Gasteiger partial charge on any atom is -0.399 e. The molecule has 0 amide bonds. The summed E-state index contributed by atoms with van der Waals surface area (Å²) in [4.78, 5) is 12.3. The van der Waals surface area contributed by atoms with Gasteiger partial charge in [0.1, 0.15) is 5.78 Å². The fourth-order valence-electron chi connectivity index (χ4n) is 3.11. The number of aryl methyl sites for hydroxylation is 1. The topological polar surface area (TPSA) is 43.1 Å². The summed E-state index contributed by atoms with van der Waals surface area (Å²) >= 11 is 0. The molecule has 2 nitrogen and oxygen atoms in total. The molecule has 2 rings (SSSR count). The predicted octanol–water partition coefficient (Wildman–Crippen LogP) is 3.99. The number of ketones is 1. The number of carbonyl (C=O) groups is 1. The normalized spacial score (nSPS) is 23.2. The molecule has 104 valence electrons. The lowest BCUT2D eigenvalue weighted by atomic mass is 9.77. The van der Waals surface area contributed by atoms with E-state index in [1.807, 2.05) is 24.3 Å². The third kappa shape index (κ3) is 4.09. The maximum Gasteiger partial charge on any atom is 0.136 e. The highest BCUT2D eigenvalue weighted by molar-refractivity contribution is 5.81. The molecule has 0 heterocycles. The van der Waals surface area contributed by atoms with Crippen molar-refractivity contribution in [2.24, 2.45) is 11.8 Å². The smallest absolute Gasteiger partial charge is 0.136 e. The molecular formula is C17H25NO. The molecule has 0 saturated heterocycles. The molecule has 0 spiro atoms. The van der Waals surface area contributed by atoms with Crippen LogP contribution in [0.15, 0.2) is 24.3 Å². The first-order valence-corrected chi connectivity index (χ1v) is 7.56. The van der Waals surface area contributed by atoms with Crippen LogP contribution in [0.3, 0.4) is 0 Å². The van der Waals surface area contributed by atoms with Crippen molar-refractivity contribution < 1.29 is 4.79 Å². The number of anilines is 1. The molecule has 2 heteroatoms. The molecule has 2 unspecified atom stereocenters. The van der Waals surface area contributed by atoms with Crippen molar-refractivity contribution >= 4 is 11.5 Å². The lowest BCUT2D eigenvalue weighted by Crippen LogP contribution is -2.23. The first-order valence-electron chi connectivity index (χ1n) is 7.56. The number of carbonyl (C=O) groups excluding carboxylic acids is 1. The number of hydrogen-bond acceptors (Lipinski definition) is 2. The fourth-order valence-corrected chi connectivity index (χ4v) is 3.11. The second-order valence-corrected chi connectivity index (χ2v) is 5.85. The van der Waals surface area contributed by atoms with Crippen molar-refractivity contribution in [2.75, 3.05) is 5.73 Å². The van der Waals surface area contributed by atoms with Gasteiger partial charge in [0.15, 0.2) is 0 Å². The van der Waals surface area contributed by atoms with E-state index < -0.39 is 0 Å². The first-order chi connectivity index (χ1) is 9.19. The molecule has 0 aliphatic heterocycles. The highest BCUT2D eigenvalue weighted by Crippen LogP contribution is 2.32. The second kappa shape index (κ2) is 6.74. The molecule has 1 aromatic carbocycles. The van der Waals surface area contributed by atoms with Crippen molar-refractivity contribution in [3.8, 4) is 0 Å². The van der Waals surface area contributed by atoms with E-state index in [1.54, 1.807) is 0 Å². The van der Waals surface area contributed by atoms with E-state index in [0.29, 0.717) is 18.1 Å². The minimum absolute atomic E-state index is 0.326. The summed E-state index contributed by atoms with van der Waals surface area (Å²) in [5.41, 5.74) is 7.66. The van der Waals surface area contributed by atoms with Crippen LogP contribution in [-0.4, -0.2) is 5.78 Å². The largest absolute Gasteiger partial charge is 0.399 e. The van der Waals surface area contributed by atoms with E-state index in [0.717, 1.165) is 30.9 Å². The standard InChI is InChI=1S/C17H25NO/c1-2-13-4-3-5-15(12-13)17(19)11-8-14-6-9-16(18)10-7-14/h6-7,9-10,13,15H,2-5,8,11-12,18H2,1H3. The highest BCUT2D eigenvalue weighted by atomic mass is 16.1. The van der Waals surface area contributed by atoms with Crippen LogP contribution in [0.25, 0.3) is 0 Å². The van der Waals surface area contributed by atoms with Gasteiger partial charge in [-0.2, -0.15) is 0 Å². The second-order valence-electron chi connectivity index (χ2n) is 5.85. The maximum absolute atomic E-state index is 12.3. The van der Waals surface area contributed by atoms with Gasteiger partial charge < -0.3 is 5.73 Å². The van der Waals surface area contributed by atoms with Crippen LogP contribution in [0.4, 0.5) is 5.69 Å². The lowest BCUT2D eigenvalue weighted by molar-refractivity contribution is -0.124. The van der Waals surface area contributed by atoms with Gasteiger partial charge in [-0.25, -0.2) is 0 Å².